The molecule has 2 aliphatic rings. The molecule has 1 fully saturated rings. The topological polar surface area (TPSA) is 66.8 Å². The molecule has 0 radical (unpaired) electrons. The number of hydrogen-bond acceptors (Lipinski definition) is 4. The lowest BCUT2D eigenvalue weighted by Crippen LogP contribution is -2.34. The molecular formula is C20H28O4. The van der Waals surface area contributed by atoms with Crippen LogP contribution < -0.4 is 0 Å². The number of allylic oxidation sites excluding steroid dienone is 3. The van der Waals surface area contributed by atoms with Gasteiger partial charge in [0.2, 0.25) is 0 Å². The molecule has 3 atom stereocenters. The zero-order valence-corrected chi connectivity index (χ0v) is 14.8. The zero-order valence-electron chi connectivity index (χ0n) is 14.8. The molecule has 1 aliphatic carbocycles. The Hall–Kier alpha value is -1.65. The van der Waals surface area contributed by atoms with Crippen molar-refractivity contribution in [3.05, 3.63) is 47.6 Å². The number of cyclic esters (lactones) is 1. The van der Waals surface area contributed by atoms with Crippen LogP contribution in [0.25, 0.3) is 0 Å². The van der Waals surface area contributed by atoms with Crippen molar-refractivity contribution in [2.24, 2.45) is 11.8 Å². The van der Waals surface area contributed by atoms with Gasteiger partial charge in [-0.2, -0.15) is 0 Å². The van der Waals surface area contributed by atoms with Gasteiger partial charge in [0.05, 0.1) is 18.3 Å². The van der Waals surface area contributed by atoms with Crippen LogP contribution in [0.2, 0.25) is 0 Å². The molecule has 0 bridgehead atoms. The molecule has 0 amide bonds. The third kappa shape index (κ3) is 4.92. The van der Waals surface area contributed by atoms with Gasteiger partial charge in [0.1, 0.15) is 0 Å². The number of carbonyl (C=O) groups is 1. The van der Waals surface area contributed by atoms with Gasteiger partial charge < -0.3 is 14.9 Å². The molecule has 2 rings (SSSR count). The van der Waals surface area contributed by atoms with Gasteiger partial charge >= 0.3 is 5.97 Å². The molecule has 4 nitrogen and oxygen atoms in total. The summed E-state index contributed by atoms with van der Waals surface area (Å²) in [6.07, 6.45) is 8.59. The molecule has 2 N–H and O–H groups in total. The highest BCUT2D eigenvalue weighted by atomic mass is 16.5. The number of carbonyl (C=O) groups excluding carboxylic acids is 1. The van der Waals surface area contributed by atoms with Gasteiger partial charge in [0, 0.05) is 17.4 Å². The van der Waals surface area contributed by atoms with E-state index >= 15 is 0 Å². The van der Waals surface area contributed by atoms with Crippen molar-refractivity contribution in [3.8, 4) is 0 Å². The Morgan fingerprint density at radius 2 is 2.08 bits per heavy atom. The Kier molecular flexibility index (Phi) is 5.83. The molecule has 1 saturated heterocycles. The summed E-state index contributed by atoms with van der Waals surface area (Å²) in [6, 6.07) is 0. The minimum Gasteiger partial charge on any atom is -0.462 e. The van der Waals surface area contributed by atoms with E-state index in [0.29, 0.717) is 18.6 Å². The van der Waals surface area contributed by atoms with Crippen molar-refractivity contribution in [2.75, 3.05) is 6.61 Å². The first kappa shape index (κ1) is 18.7. The maximum absolute atomic E-state index is 12.3. The molecular weight excluding hydrogens is 304 g/mol. The van der Waals surface area contributed by atoms with Gasteiger partial charge in [-0.15, -0.1) is 0 Å². The van der Waals surface area contributed by atoms with E-state index < -0.39 is 11.7 Å². The Morgan fingerprint density at radius 1 is 1.38 bits per heavy atom. The molecule has 0 spiro atoms. The SMILES string of the molecule is C=C1C[C@@H](O)/C=C(\C)CC[C@@H]2/C(=C/C=C/C(C)(C)O)C(=O)OC[C@@H]12. The number of aliphatic hydroxyl groups is 2. The van der Waals surface area contributed by atoms with Crippen LogP contribution in [0.1, 0.15) is 40.0 Å². The zero-order chi connectivity index (χ0) is 17.9. The van der Waals surface area contributed by atoms with Crippen molar-refractivity contribution in [1.29, 1.82) is 0 Å². The average molecular weight is 332 g/mol. The summed E-state index contributed by atoms with van der Waals surface area (Å²) in [4.78, 5) is 12.3. The predicted molar refractivity (Wildman–Crippen MR) is 94.2 cm³/mol. The second kappa shape index (κ2) is 7.49. The lowest BCUT2D eigenvalue weighted by Gasteiger charge is -2.34. The molecule has 1 aliphatic heterocycles. The Morgan fingerprint density at radius 3 is 2.75 bits per heavy atom. The number of ether oxygens (including phenoxy) is 1. The molecule has 0 unspecified atom stereocenters. The quantitative estimate of drug-likeness (QED) is 0.463. The number of rotatable bonds is 2. The summed E-state index contributed by atoms with van der Waals surface area (Å²) >= 11 is 0. The van der Waals surface area contributed by atoms with Crippen molar-refractivity contribution in [2.45, 2.75) is 51.7 Å². The van der Waals surface area contributed by atoms with Crippen LogP contribution in [0.3, 0.4) is 0 Å². The predicted octanol–water partition coefficient (Wildman–Crippen LogP) is 3.08. The second-order valence-electron chi connectivity index (χ2n) is 7.43. The lowest BCUT2D eigenvalue weighted by molar-refractivity contribution is -0.144. The highest BCUT2D eigenvalue weighted by molar-refractivity contribution is 5.90. The van der Waals surface area contributed by atoms with Crippen LogP contribution in [0.4, 0.5) is 0 Å². The van der Waals surface area contributed by atoms with Gasteiger partial charge in [0.15, 0.2) is 0 Å². The van der Waals surface area contributed by atoms with Crippen molar-refractivity contribution >= 4 is 5.97 Å². The fraction of sp³-hybridized carbons (Fsp3) is 0.550. The smallest absolute Gasteiger partial charge is 0.334 e. The molecule has 24 heavy (non-hydrogen) atoms. The third-order valence-corrected chi connectivity index (χ3v) is 4.62. The van der Waals surface area contributed by atoms with Crippen LogP contribution in [0.15, 0.2) is 47.6 Å². The van der Waals surface area contributed by atoms with E-state index in [2.05, 4.69) is 6.58 Å². The highest BCUT2D eigenvalue weighted by Crippen LogP contribution is 2.38. The monoisotopic (exact) mass is 332 g/mol. The molecule has 0 saturated carbocycles. The summed E-state index contributed by atoms with van der Waals surface area (Å²) in [5.41, 5.74) is 1.74. The lowest BCUT2D eigenvalue weighted by atomic mass is 9.76. The maximum atomic E-state index is 12.3. The van der Waals surface area contributed by atoms with E-state index in [-0.39, 0.29) is 17.8 Å². The van der Waals surface area contributed by atoms with Crippen LogP contribution in [-0.2, 0) is 9.53 Å². The Labute approximate surface area is 144 Å². The third-order valence-electron chi connectivity index (χ3n) is 4.62. The van der Waals surface area contributed by atoms with Crippen LogP contribution in [-0.4, -0.2) is 34.5 Å². The first-order valence-electron chi connectivity index (χ1n) is 8.49. The summed E-state index contributed by atoms with van der Waals surface area (Å²) in [5, 5.41) is 19.9. The Balaban J connectivity index is 2.32. The number of hydrogen-bond donors (Lipinski definition) is 2. The summed E-state index contributed by atoms with van der Waals surface area (Å²) in [7, 11) is 0. The molecule has 1 heterocycles. The highest BCUT2D eigenvalue weighted by Gasteiger charge is 2.37. The van der Waals surface area contributed by atoms with Crippen LogP contribution in [0, 0.1) is 11.8 Å². The van der Waals surface area contributed by atoms with E-state index in [1.54, 1.807) is 32.1 Å². The summed E-state index contributed by atoms with van der Waals surface area (Å²) in [5.74, 6) is -0.247. The van der Waals surface area contributed by atoms with Crippen molar-refractivity contribution < 1.29 is 19.7 Å². The summed E-state index contributed by atoms with van der Waals surface area (Å²) in [6.45, 7) is 9.82. The first-order valence-corrected chi connectivity index (χ1v) is 8.49. The maximum Gasteiger partial charge on any atom is 0.334 e. The van der Waals surface area contributed by atoms with E-state index in [1.807, 2.05) is 13.0 Å². The van der Waals surface area contributed by atoms with E-state index in [4.69, 9.17) is 4.74 Å². The molecule has 4 heteroatoms. The fourth-order valence-electron chi connectivity index (χ4n) is 3.34. The van der Waals surface area contributed by atoms with E-state index in [1.165, 1.54) is 0 Å². The van der Waals surface area contributed by atoms with Gasteiger partial charge in [-0.3, -0.25) is 0 Å². The molecule has 132 valence electrons. The standard InChI is InChI=1S/C20H28O4/c1-13-7-8-16-17(6-5-9-20(3,4)23)19(22)24-12-18(16)14(2)11-15(21)10-13/h5-6,9-10,15-16,18,21,23H,2,7-8,11-12H2,1,3-4H3/b9-5+,13-10+,17-6-/t15-,16+,18-/m0/s1. The van der Waals surface area contributed by atoms with Crippen LogP contribution >= 0.6 is 0 Å². The van der Waals surface area contributed by atoms with Gasteiger partial charge in [0.25, 0.3) is 0 Å². The number of fused-ring (bicyclic) bond motifs is 1. The number of aliphatic hydroxyl groups excluding tert-OH is 1. The van der Waals surface area contributed by atoms with Gasteiger partial charge in [-0.25, -0.2) is 4.79 Å². The van der Waals surface area contributed by atoms with Gasteiger partial charge in [-0.1, -0.05) is 42.0 Å². The summed E-state index contributed by atoms with van der Waals surface area (Å²) < 4.78 is 5.35. The molecule has 0 aromatic carbocycles. The Bertz CT molecular complexity index is 589. The van der Waals surface area contributed by atoms with Gasteiger partial charge in [-0.05, 0) is 40.0 Å². The first-order chi connectivity index (χ1) is 11.2. The van der Waals surface area contributed by atoms with Crippen molar-refractivity contribution in [1.82, 2.24) is 0 Å². The minimum absolute atomic E-state index is 0.0263. The normalized spacial score (nSPS) is 33.3. The largest absolute Gasteiger partial charge is 0.462 e. The molecule has 0 aromatic rings. The second-order valence-corrected chi connectivity index (χ2v) is 7.43. The number of esters is 1. The fourth-order valence-corrected chi connectivity index (χ4v) is 3.34. The van der Waals surface area contributed by atoms with Crippen molar-refractivity contribution in [3.63, 3.8) is 0 Å². The average Bonchev–Trinajstić information content (AvgIpc) is 2.49. The van der Waals surface area contributed by atoms with Crippen LogP contribution in [0.5, 0.6) is 0 Å². The molecule has 0 aromatic heterocycles. The van der Waals surface area contributed by atoms with E-state index in [9.17, 15) is 15.0 Å². The minimum atomic E-state index is -0.930. The van der Waals surface area contributed by atoms with E-state index in [0.717, 1.165) is 24.0 Å².